The Hall–Kier alpha value is 0.410. The van der Waals surface area contributed by atoms with E-state index in [1.54, 1.807) is 0 Å². The predicted molar refractivity (Wildman–Crippen MR) is 17.4 cm³/mol. The molecule has 0 aliphatic heterocycles. The number of alkyl halides is 3. The minimum atomic E-state index is -5.23. The fraction of sp³-hybridized carbons (Fsp3) is 1.00. The first-order chi connectivity index (χ1) is 3.81. The van der Waals surface area contributed by atoms with Gasteiger partial charge < -0.3 is 0 Å². The summed E-state index contributed by atoms with van der Waals surface area (Å²) in [6.45, 7) is 0. The molecule has 9 heavy (non-hydrogen) atoms. The molecule has 0 spiro atoms. The van der Waals surface area contributed by atoms with Gasteiger partial charge in [-0.3, -0.25) is 0 Å². The van der Waals surface area contributed by atoms with Crippen LogP contribution in [0.15, 0.2) is 2.32 Å². The zero-order valence-corrected chi connectivity index (χ0v) is 6.50. The van der Waals surface area contributed by atoms with E-state index < -0.39 is 15.5 Å². The monoisotopic (exact) mass is 192 g/mol. The van der Waals surface area contributed by atoms with Crippen LogP contribution in [0.5, 0.6) is 0 Å². The van der Waals surface area contributed by atoms with E-state index in [1.165, 1.54) is 0 Å². The van der Waals surface area contributed by atoms with Crippen molar-refractivity contribution in [1.82, 2.24) is 0 Å². The Bertz CT molecular complexity index is 204. The van der Waals surface area contributed by atoms with Crippen molar-refractivity contribution in [3.05, 3.63) is 0 Å². The summed E-state index contributed by atoms with van der Waals surface area (Å²) in [6.07, 6.45) is 0. The molecule has 0 fully saturated rings. The van der Waals surface area contributed by atoms with Crippen LogP contribution in [0.1, 0.15) is 0 Å². The Balaban J connectivity index is 4.79. The van der Waals surface area contributed by atoms with Crippen LogP contribution in [-0.2, 0) is 34.2 Å². The number of nitrogens with zero attached hydrogens (tertiary/aromatic N) is 1. The van der Waals surface area contributed by atoms with Crippen LogP contribution >= 0.6 is 0 Å². The molecule has 0 unspecified atom stereocenters. The normalized spacial score (nSPS) is 13.4. The molecule has 0 aliphatic rings. The van der Waals surface area contributed by atoms with Crippen molar-refractivity contribution in [2.45, 2.75) is 5.51 Å². The molecule has 0 rings (SSSR count). The quantitative estimate of drug-likeness (QED) is 0.609. The first-order valence-electron chi connectivity index (χ1n) is 1.55. The molecule has 8 heteroatoms. The maximum atomic E-state index is 11.2. The second kappa shape index (κ2) is 2.57. The Kier molecular flexibility index (Phi) is 2.68. The zero-order chi connectivity index (χ0) is 7.71. The van der Waals surface area contributed by atoms with Gasteiger partial charge in [0.1, 0.15) is 0 Å². The number of sulfonamides is 1. The summed E-state index contributed by atoms with van der Waals surface area (Å²) in [5, 5.41) is 0. The van der Waals surface area contributed by atoms with Crippen molar-refractivity contribution in [2.75, 3.05) is 0 Å². The molecule has 0 heterocycles. The van der Waals surface area contributed by atoms with E-state index in [2.05, 4.69) is 2.32 Å². The second-order valence-electron chi connectivity index (χ2n) is 1.03. The van der Waals surface area contributed by atoms with E-state index in [9.17, 15) is 21.6 Å². The molecular formula is CF3NO2SSc. The average Bonchev–Trinajstić information content (AvgIpc) is 1.64. The molecule has 0 aromatic heterocycles. The predicted octanol–water partition coefficient (Wildman–Crippen LogP) is 0.566. The Morgan fingerprint density at radius 1 is 1.33 bits per heavy atom. The number of rotatable bonds is 1. The second-order valence-corrected chi connectivity index (χ2v) is 3.64. The first-order valence-corrected chi connectivity index (χ1v) is 3.79. The zero-order valence-electron chi connectivity index (χ0n) is 3.88. The summed E-state index contributed by atoms with van der Waals surface area (Å²) in [6, 6.07) is 0. The van der Waals surface area contributed by atoms with Gasteiger partial charge in [-0.05, 0) is 0 Å². The fourth-order valence-corrected chi connectivity index (χ4v) is 0.739. The Labute approximate surface area is 63.8 Å². The summed E-state index contributed by atoms with van der Waals surface area (Å²) in [4.78, 5) is 0. The molecule has 0 N–H and O–H groups in total. The Morgan fingerprint density at radius 2 is 1.67 bits per heavy atom. The van der Waals surface area contributed by atoms with Crippen molar-refractivity contribution in [1.29, 1.82) is 0 Å². The first kappa shape index (κ1) is 9.41. The van der Waals surface area contributed by atoms with Crippen molar-refractivity contribution in [3.8, 4) is 0 Å². The third-order valence-corrected chi connectivity index (χ3v) is 2.59. The summed E-state index contributed by atoms with van der Waals surface area (Å²) in [7, 11) is -5.18. The standard InChI is InChI=1S/CF3NO2S.Sc/c2-1(3,4)8(5,6)7;. The Morgan fingerprint density at radius 3 is 1.67 bits per heavy atom. The number of hydrogen-bond acceptors (Lipinski definition) is 2. The molecule has 0 saturated heterocycles. The minimum absolute atomic E-state index is 0.155. The van der Waals surface area contributed by atoms with E-state index in [1.807, 2.05) is 0 Å². The molecule has 0 aromatic rings. The van der Waals surface area contributed by atoms with E-state index in [-0.39, 0.29) is 24.2 Å². The van der Waals surface area contributed by atoms with Crippen molar-refractivity contribution in [3.63, 3.8) is 0 Å². The summed E-state index contributed by atoms with van der Waals surface area (Å²) >= 11 is 0.155. The molecule has 0 atom stereocenters. The topological polar surface area (TPSA) is 46.5 Å². The van der Waals surface area contributed by atoms with Crippen LogP contribution in [0, 0.1) is 0 Å². The van der Waals surface area contributed by atoms with Gasteiger partial charge in [-0.15, -0.1) is 0 Å². The van der Waals surface area contributed by atoms with E-state index >= 15 is 0 Å². The van der Waals surface area contributed by atoms with E-state index in [4.69, 9.17) is 0 Å². The molecule has 0 aromatic carbocycles. The molecule has 0 bridgehead atoms. The van der Waals surface area contributed by atoms with Gasteiger partial charge in [0.15, 0.2) is 0 Å². The fourth-order valence-electron chi connectivity index (χ4n) is 0.0598. The molecule has 0 amide bonds. The van der Waals surface area contributed by atoms with Gasteiger partial charge in [0.25, 0.3) is 0 Å². The van der Waals surface area contributed by atoms with Gasteiger partial charge >= 0.3 is 63.7 Å². The molecule has 0 saturated carbocycles. The maximum absolute atomic E-state index is 11.2. The number of hydrogen-bond donors (Lipinski definition) is 0. The molecular weight excluding hydrogens is 192 g/mol. The van der Waals surface area contributed by atoms with E-state index in [0.29, 0.717) is 0 Å². The summed E-state index contributed by atoms with van der Waals surface area (Å²) in [5.74, 6) is 0. The van der Waals surface area contributed by atoms with Crippen LogP contribution in [0.3, 0.4) is 0 Å². The third kappa shape index (κ3) is 2.24. The van der Waals surface area contributed by atoms with Gasteiger partial charge in [0, 0.05) is 0 Å². The van der Waals surface area contributed by atoms with Gasteiger partial charge in [-0.1, -0.05) is 0 Å². The van der Waals surface area contributed by atoms with Crippen LogP contribution in [-0.4, -0.2) is 13.9 Å². The van der Waals surface area contributed by atoms with Crippen molar-refractivity contribution < 1.29 is 45.8 Å². The molecule has 3 nitrogen and oxygen atoms in total. The summed E-state index contributed by atoms with van der Waals surface area (Å²) in [5.41, 5.74) is -5.23. The molecule has 0 radical (unpaired) electrons. The van der Waals surface area contributed by atoms with Gasteiger partial charge in [0.2, 0.25) is 0 Å². The van der Waals surface area contributed by atoms with Crippen LogP contribution in [0.2, 0.25) is 0 Å². The van der Waals surface area contributed by atoms with Crippen molar-refractivity contribution in [2.24, 2.45) is 2.32 Å². The van der Waals surface area contributed by atoms with Gasteiger partial charge in [-0.2, -0.15) is 0 Å². The van der Waals surface area contributed by atoms with Gasteiger partial charge in [-0.25, -0.2) is 0 Å². The van der Waals surface area contributed by atoms with Crippen LogP contribution < -0.4 is 0 Å². The number of halogens is 3. The average molecular weight is 192 g/mol. The SMILES string of the molecule is O=S(=O)([N]=[Sc])C(F)(F)F. The van der Waals surface area contributed by atoms with Crippen molar-refractivity contribution >= 4 is 10.0 Å². The van der Waals surface area contributed by atoms with Crippen LogP contribution in [0.25, 0.3) is 0 Å². The van der Waals surface area contributed by atoms with Gasteiger partial charge in [0.05, 0.1) is 0 Å². The molecule has 51 valence electrons. The summed E-state index contributed by atoms with van der Waals surface area (Å²) < 4.78 is 55.2. The van der Waals surface area contributed by atoms with Crippen LogP contribution in [0.4, 0.5) is 13.2 Å². The molecule has 0 aliphatic carbocycles. The third-order valence-electron chi connectivity index (χ3n) is 0.431. The van der Waals surface area contributed by atoms with E-state index in [0.717, 1.165) is 0 Å².